The molecule has 146 valence electrons. The van der Waals surface area contributed by atoms with Gasteiger partial charge < -0.3 is 9.30 Å². The van der Waals surface area contributed by atoms with Crippen molar-refractivity contribution in [2.45, 2.75) is 21.9 Å². The summed E-state index contributed by atoms with van der Waals surface area (Å²) in [4.78, 5) is 16.8. The van der Waals surface area contributed by atoms with Crippen molar-refractivity contribution in [1.82, 2.24) is 9.55 Å². The lowest BCUT2D eigenvalue weighted by Crippen LogP contribution is -2.14. The van der Waals surface area contributed by atoms with Crippen LogP contribution in [0.1, 0.15) is 15.9 Å². The molecule has 0 bridgehead atoms. The molecule has 0 aliphatic heterocycles. The summed E-state index contributed by atoms with van der Waals surface area (Å²) in [7, 11) is -0.596. The maximum Gasteiger partial charge on any atom is 0.337 e. The molecule has 0 unspecified atom stereocenters. The number of rotatable bonds is 6. The van der Waals surface area contributed by atoms with E-state index in [1.165, 1.54) is 43.1 Å². The summed E-state index contributed by atoms with van der Waals surface area (Å²) in [5.41, 5.74) is 1.56. The van der Waals surface area contributed by atoms with Gasteiger partial charge in [-0.05, 0) is 55.0 Å². The summed E-state index contributed by atoms with van der Waals surface area (Å²) in [5.74, 6) is -0.520. The maximum absolute atomic E-state index is 12.6. The van der Waals surface area contributed by atoms with Crippen LogP contribution in [0.25, 0.3) is 0 Å². The van der Waals surface area contributed by atoms with Crippen LogP contribution in [0.3, 0.4) is 0 Å². The zero-order valence-electron chi connectivity index (χ0n) is 15.5. The number of aryl methyl sites for hydroxylation is 2. The number of anilines is 1. The van der Waals surface area contributed by atoms with E-state index in [1.54, 1.807) is 12.3 Å². The summed E-state index contributed by atoms with van der Waals surface area (Å²) in [5, 5.41) is 0.846. The normalized spacial score (nSPS) is 11.2. The van der Waals surface area contributed by atoms with Crippen molar-refractivity contribution in [3.8, 4) is 0 Å². The van der Waals surface area contributed by atoms with Gasteiger partial charge in [0.2, 0.25) is 0 Å². The average molecular weight is 418 g/mol. The van der Waals surface area contributed by atoms with Gasteiger partial charge in [0.25, 0.3) is 10.0 Å². The van der Waals surface area contributed by atoms with E-state index in [1.807, 2.05) is 36.9 Å². The minimum Gasteiger partial charge on any atom is -0.465 e. The predicted octanol–water partition coefficient (Wildman–Crippen LogP) is 3.47. The van der Waals surface area contributed by atoms with Crippen molar-refractivity contribution >= 4 is 33.4 Å². The molecule has 7 nitrogen and oxygen atoms in total. The second-order valence-electron chi connectivity index (χ2n) is 6.02. The van der Waals surface area contributed by atoms with Gasteiger partial charge in [0.05, 0.1) is 23.3 Å². The topological polar surface area (TPSA) is 90.3 Å². The lowest BCUT2D eigenvalue weighted by molar-refractivity contribution is 0.0600. The molecule has 0 aliphatic carbocycles. The Labute approximate surface area is 167 Å². The fraction of sp³-hybridized carbons (Fsp3) is 0.158. The van der Waals surface area contributed by atoms with E-state index in [0.717, 1.165) is 15.6 Å². The molecule has 0 amide bonds. The molecule has 9 heteroatoms. The third kappa shape index (κ3) is 4.37. The Bertz CT molecular complexity index is 1110. The first-order valence-electron chi connectivity index (χ1n) is 8.27. The summed E-state index contributed by atoms with van der Waals surface area (Å²) >= 11 is 1.50. The fourth-order valence-electron chi connectivity index (χ4n) is 2.46. The quantitative estimate of drug-likeness (QED) is 0.618. The first-order chi connectivity index (χ1) is 13.3. The predicted molar refractivity (Wildman–Crippen MR) is 107 cm³/mol. The molecule has 0 fully saturated rings. The van der Waals surface area contributed by atoms with Crippen LogP contribution in [0.4, 0.5) is 5.69 Å². The van der Waals surface area contributed by atoms with Crippen molar-refractivity contribution in [1.29, 1.82) is 0 Å². The Balaban J connectivity index is 1.78. The van der Waals surface area contributed by atoms with Crippen LogP contribution < -0.4 is 4.72 Å². The van der Waals surface area contributed by atoms with Gasteiger partial charge in [-0.2, -0.15) is 0 Å². The van der Waals surface area contributed by atoms with Gasteiger partial charge in [-0.1, -0.05) is 11.8 Å². The van der Waals surface area contributed by atoms with Crippen LogP contribution >= 0.6 is 11.8 Å². The molecule has 0 atom stereocenters. The number of benzene rings is 2. The lowest BCUT2D eigenvalue weighted by atomic mass is 10.2. The molecule has 0 spiro atoms. The molecule has 2 aromatic carbocycles. The number of imidazole rings is 1. The van der Waals surface area contributed by atoms with Crippen molar-refractivity contribution in [2.75, 3.05) is 11.8 Å². The number of hydrogen-bond donors (Lipinski definition) is 1. The number of esters is 1. The molecule has 1 N–H and O–H groups in total. The largest absolute Gasteiger partial charge is 0.465 e. The van der Waals surface area contributed by atoms with Crippen LogP contribution in [0.2, 0.25) is 0 Å². The molecule has 3 aromatic rings. The number of nitrogens with zero attached hydrogens (tertiary/aromatic N) is 2. The first-order valence-corrected chi connectivity index (χ1v) is 10.6. The molecule has 1 heterocycles. The highest BCUT2D eigenvalue weighted by molar-refractivity contribution is 7.99. The number of carbonyl (C=O) groups is 1. The lowest BCUT2D eigenvalue weighted by Gasteiger charge is -2.12. The van der Waals surface area contributed by atoms with E-state index in [2.05, 4.69) is 14.4 Å². The highest BCUT2D eigenvalue weighted by Crippen LogP contribution is 2.30. The van der Waals surface area contributed by atoms with Crippen LogP contribution in [0, 0.1) is 6.92 Å². The van der Waals surface area contributed by atoms with E-state index < -0.39 is 16.0 Å². The number of methoxy groups -OCH3 is 1. The van der Waals surface area contributed by atoms with Gasteiger partial charge in [0, 0.05) is 24.3 Å². The van der Waals surface area contributed by atoms with Crippen molar-refractivity contribution in [2.24, 2.45) is 7.05 Å². The Morgan fingerprint density at radius 3 is 2.46 bits per heavy atom. The molecular formula is C19H19N3O4S2. The minimum absolute atomic E-state index is 0.0611. The SMILES string of the molecule is COC(=O)c1ccc(S(=O)(=O)Nc2ccc(Sc3nccn3C)cc2C)cc1. The molecule has 0 saturated carbocycles. The molecule has 3 rings (SSSR count). The molecule has 0 saturated heterocycles. The zero-order valence-corrected chi connectivity index (χ0v) is 17.2. The molecule has 0 aliphatic rings. The number of aromatic nitrogens is 2. The van der Waals surface area contributed by atoms with Gasteiger partial charge in [0.15, 0.2) is 5.16 Å². The fourth-order valence-corrected chi connectivity index (χ4v) is 4.49. The van der Waals surface area contributed by atoms with Crippen molar-refractivity contribution < 1.29 is 17.9 Å². The number of nitrogens with one attached hydrogen (secondary N) is 1. The van der Waals surface area contributed by atoms with E-state index in [0.29, 0.717) is 5.69 Å². The third-order valence-corrected chi connectivity index (χ3v) is 6.46. The standard InChI is InChI=1S/C19H19N3O4S2/c1-13-12-15(27-19-20-10-11-22(19)2)6-9-17(13)21-28(24,25)16-7-4-14(5-8-16)18(23)26-3/h4-12,21H,1-3H3. The highest BCUT2D eigenvalue weighted by atomic mass is 32.2. The average Bonchev–Trinajstić information content (AvgIpc) is 3.08. The van der Waals surface area contributed by atoms with Crippen molar-refractivity contribution in [3.05, 3.63) is 66.0 Å². The highest BCUT2D eigenvalue weighted by Gasteiger charge is 2.17. The van der Waals surface area contributed by atoms with Crippen LogP contribution in [-0.4, -0.2) is 31.0 Å². The van der Waals surface area contributed by atoms with E-state index >= 15 is 0 Å². The third-order valence-electron chi connectivity index (χ3n) is 4.01. The Morgan fingerprint density at radius 2 is 1.89 bits per heavy atom. The van der Waals surface area contributed by atoms with Gasteiger partial charge in [0.1, 0.15) is 0 Å². The van der Waals surface area contributed by atoms with Gasteiger partial charge >= 0.3 is 5.97 Å². The van der Waals surface area contributed by atoms with E-state index in [-0.39, 0.29) is 10.5 Å². The Kier molecular flexibility index (Phi) is 5.76. The summed E-state index contributed by atoms with van der Waals surface area (Å²) in [6, 6.07) is 11.0. The van der Waals surface area contributed by atoms with E-state index in [4.69, 9.17) is 0 Å². The van der Waals surface area contributed by atoms with E-state index in [9.17, 15) is 13.2 Å². The van der Waals surface area contributed by atoms with Gasteiger partial charge in [-0.3, -0.25) is 4.72 Å². The Morgan fingerprint density at radius 1 is 1.18 bits per heavy atom. The van der Waals surface area contributed by atoms with Crippen LogP contribution in [0.15, 0.2) is 69.8 Å². The summed E-state index contributed by atoms with van der Waals surface area (Å²) < 4.78 is 34.4. The summed E-state index contributed by atoms with van der Waals surface area (Å²) in [6.45, 7) is 1.83. The number of carbonyl (C=O) groups excluding carboxylic acids is 1. The van der Waals surface area contributed by atoms with Crippen LogP contribution in [-0.2, 0) is 21.8 Å². The molecule has 0 radical (unpaired) electrons. The number of ether oxygens (including phenoxy) is 1. The molecule has 28 heavy (non-hydrogen) atoms. The molecular weight excluding hydrogens is 398 g/mol. The minimum atomic E-state index is -3.78. The van der Waals surface area contributed by atoms with Crippen molar-refractivity contribution in [3.63, 3.8) is 0 Å². The van der Waals surface area contributed by atoms with Gasteiger partial charge in [-0.25, -0.2) is 18.2 Å². The summed E-state index contributed by atoms with van der Waals surface area (Å²) in [6.07, 6.45) is 3.59. The monoisotopic (exact) mass is 417 g/mol. The number of sulfonamides is 1. The number of hydrogen-bond acceptors (Lipinski definition) is 6. The maximum atomic E-state index is 12.6. The van der Waals surface area contributed by atoms with Crippen LogP contribution in [0.5, 0.6) is 0 Å². The zero-order chi connectivity index (χ0) is 20.3. The second kappa shape index (κ2) is 8.07. The van der Waals surface area contributed by atoms with Gasteiger partial charge in [-0.15, -0.1) is 0 Å². The second-order valence-corrected chi connectivity index (χ2v) is 8.74. The first kappa shape index (κ1) is 20.0. The Hall–Kier alpha value is -2.78. The smallest absolute Gasteiger partial charge is 0.337 e. The molecule has 1 aromatic heterocycles.